The molecule has 23 heavy (non-hydrogen) atoms. The van der Waals surface area contributed by atoms with Crippen LogP contribution in [0.25, 0.3) is 0 Å². The highest BCUT2D eigenvalue weighted by molar-refractivity contribution is 7.09. The van der Waals surface area contributed by atoms with Crippen LogP contribution in [-0.4, -0.2) is 28.8 Å². The van der Waals surface area contributed by atoms with E-state index in [0.29, 0.717) is 12.5 Å². The van der Waals surface area contributed by atoms with Crippen molar-refractivity contribution in [3.05, 3.63) is 16.6 Å². The molecule has 5 nitrogen and oxygen atoms in total. The third kappa shape index (κ3) is 5.46. The summed E-state index contributed by atoms with van der Waals surface area (Å²) in [5.74, 6) is 0.513. The highest BCUT2D eigenvalue weighted by atomic mass is 32.1. The molecule has 0 spiro atoms. The maximum absolute atomic E-state index is 12.0. The lowest BCUT2D eigenvalue weighted by molar-refractivity contribution is 0.0479. The van der Waals surface area contributed by atoms with Crippen LogP contribution in [0.5, 0.6) is 0 Å². The summed E-state index contributed by atoms with van der Waals surface area (Å²) < 4.78 is 5.37. The van der Waals surface area contributed by atoms with Gasteiger partial charge in [-0.1, -0.05) is 19.8 Å². The molecule has 2 rings (SSSR count). The number of nitrogens with zero attached hydrogens (tertiary/aromatic N) is 1. The molecule has 2 atom stereocenters. The molecule has 1 amide bonds. The van der Waals surface area contributed by atoms with Crippen molar-refractivity contribution < 1.29 is 9.53 Å². The summed E-state index contributed by atoms with van der Waals surface area (Å²) in [5.41, 5.74) is 1.32. The summed E-state index contributed by atoms with van der Waals surface area (Å²) >= 11 is 1.66. The summed E-state index contributed by atoms with van der Waals surface area (Å²) in [4.78, 5) is 17.4. The van der Waals surface area contributed by atoms with Crippen LogP contribution in [0.1, 0.15) is 58.3 Å². The molecule has 0 saturated heterocycles. The Hall–Kier alpha value is -1.14. The topological polar surface area (TPSA) is 63.2 Å². The minimum absolute atomic E-state index is 0.0703. The van der Waals surface area contributed by atoms with Gasteiger partial charge in [0.05, 0.1) is 5.51 Å². The van der Waals surface area contributed by atoms with Crippen molar-refractivity contribution in [1.82, 2.24) is 15.6 Å². The molecular formula is C17H29N3O2S. The molecule has 1 aliphatic carbocycles. The predicted molar refractivity (Wildman–Crippen MR) is 93.6 cm³/mol. The summed E-state index contributed by atoms with van der Waals surface area (Å²) in [6, 6.07) is 0. The molecule has 0 aromatic carbocycles. The summed E-state index contributed by atoms with van der Waals surface area (Å²) in [5, 5.41) is 6.68. The molecule has 1 fully saturated rings. The second-order valence-corrected chi connectivity index (χ2v) is 8.45. The number of ether oxygens (including phenoxy) is 1. The van der Waals surface area contributed by atoms with Gasteiger partial charge in [-0.05, 0) is 39.5 Å². The van der Waals surface area contributed by atoms with Crippen LogP contribution in [-0.2, 0) is 11.3 Å². The Bertz CT molecular complexity index is 498. The van der Waals surface area contributed by atoms with Gasteiger partial charge in [0.2, 0.25) is 0 Å². The number of thiazole rings is 1. The lowest BCUT2D eigenvalue weighted by Gasteiger charge is -2.43. The summed E-state index contributed by atoms with van der Waals surface area (Å²) in [6.07, 6.45) is 6.27. The lowest BCUT2D eigenvalue weighted by Crippen LogP contribution is -2.58. The first-order chi connectivity index (χ1) is 10.8. The van der Waals surface area contributed by atoms with Crippen molar-refractivity contribution in [2.75, 3.05) is 6.54 Å². The third-order valence-electron chi connectivity index (χ3n) is 4.50. The van der Waals surface area contributed by atoms with E-state index in [9.17, 15) is 4.79 Å². The molecule has 130 valence electrons. The first-order valence-corrected chi connectivity index (χ1v) is 9.28. The molecule has 1 aromatic rings. The van der Waals surface area contributed by atoms with E-state index in [1.165, 1.54) is 24.1 Å². The van der Waals surface area contributed by atoms with E-state index in [4.69, 9.17) is 4.74 Å². The van der Waals surface area contributed by atoms with E-state index in [2.05, 4.69) is 22.5 Å². The zero-order valence-electron chi connectivity index (χ0n) is 14.6. The summed E-state index contributed by atoms with van der Waals surface area (Å²) in [7, 11) is 0. The van der Waals surface area contributed by atoms with E-state index in [-0.39, 0.29) is 11.6 Å². The van der Waals surface area contributed by atoms with Crippen LogP contribution < -0.4 is 10.6 Å². The summed E-state index contributed by atoms with van der Waals surface area (Å²) in [6.45, 7) is 9.32. The van der Waals surface area contributed by atoms with Gasteiger partial charge in [0.1, 0.15) is 5.60 Å². The molecule has 1 aliphatic rings. The number of hydrogen-bond acceptors (Lipinski definition) is 5. The molecule has 1 saturated carbocycles. The molecule has 1 heterocycles. The molecular weight excluding hydrogens is 310 g/mol. The predicted octanol–water partition coefficient (Wildman–Crippen LogP) is 3.71. The first-order valence-electron chi connectivity index (χ1n) is 8.40. The van der Waals surface area contributed by atoms with E-state index in [1.54, 1.807) is 11.3 Å². The molecule has 6 heteroatoms. The number of hydrogen-bond donors (Lipinski definition) is 2. The number of amides is 1. The van der Waals surface area contributed by atoms with Crippen molar-refractivity contribution in [3.8, 4) is 0 Å². The molecule has 0 bridgehead atoms. The van der Waals surface area contributed by atoms with Crippen molar-refractivity contribution in [2.24, 2.45) is 5.92 Å². The number of nitrogens with one attached hydrogen (secondary N) is 2. The number of alkyl carbamates (subject to hydrolysis) is 1. The lowest BCUT2D eigenvalue weighted by atomic mass is 9.73. The SMILES string of the molecule is CC1CCCCC1(CNC(=O)OC(C)(C)C)NCc1cncs1. The number of carbonyl (C=O) groups is 1. The molecule has 1 aromatic heterocycles. The first kappa shape index (κ1) is 18.2. The van der Waals surface area contributed by atoms with E-state index in [1.807, 2.05) is 32.5 Å². The molecule has 2 unspecified atom stereocenters. The van der Waals surface area contributed by atoms with Crippen molar-refractivity contribution in [1.29, 1.82) is 0 Å². The van der Waals surface area contributed by atoms with E-state index in [0.717, 1.165) is 13.0 Å². The quantitative estimate of drug-likeness (QED) is 0.858. The van der Waals surface area contributed by atoms with Gasteiger partial charge < -0.3 is 15.4 Å². The Morgan fingerprint density at radius 1 is 1.48 bits per heavy atom. The monoisotopic (exact) mass is 339 g/mol. The number of carbonyl (C=O) groups excluding carboxylic acids is 1. The fourth-order valence-electron chi connectivity index (χ4n) is 3.14. The number of aromatic nitrogens is 1. The van der Waals surface area contributed by atoms with Gasteiger partial charge in [-0.3, -0.25) is 4.98 Å². The highest BCUT2D eigenvalue weighted by Gasteiger charge is 2.38. The molecule has 0 aliphatic heterocycles. The molecule has 0 radical (unpaired) electrons. The zero-order valence-corrected chi connectivity index (χ0v) is 15.5. The van der Waals surface area contributed by atoms with Gasteiger partial charge in [0, 0.05) is 29.7 Å². The van der Waals surface area contributed by atoms with Gasteiger partial charge in [0.15, 0.2) is 0 Å². The number of rotatable bonds is 5. The minimum Gasteiger partial charge on any atom is -0.444 e. The second-order valence-electron chi connectivity index (χ2n) is 7.48. The van der Waals surface area contributed by atoms with Gasteiger partial charge in [0.25, 0.3) is 0 Å². The van der Waals surface area contributed by atoms with Crippen molar-refractivity contribution >= 4 is 17.4 Å². The van der Waals surface area contributed by atoms with Crippen LogP contribution in [0.15, 0.2) is 11.7 Å². The fraction of sp³-hybridized carbons (Fsp3) is 0.765. The van der Waals surface area contributed by atoms with Crippen LogP contribution >= 0.6 is 11.3 Å². The Morgan fingerprint density at radius 2 is 2.26 bits per heavy atom. The Kier molecular flexibility index (Phi) is 6.03. The Balaban J connectivity index is 1.97. The standard InChI is InChI=1S/C17H29N3O2S/c1-13-7-5-6-8-17(13,20-10-14-9-18-12-23-14)11-19-15(21)22-16(2,3)4/h9,12-13,20H,5-8,10-11H2,1-4H3,(H,19,21). The minimum atomic E-state index is -0.467. The smallest absolute Gasteiger partial charge is 0.407 e. The largest absolute Gasteiger partial charge is 0.444 e. The van der Waals surface area contributed by atoms with Crippen LogP contribution in [0, 0.1) is 5.92 Å². The average Bonchev–Trinajstić information content (AvgIpc) is 2.97. The zero-order chi connectivity index (χ0) is 16.9. The Morgan fingerprint density at radius 3 is 2.87 bits per heavy atom. The van der Waals surface area contributed by atoms with E-state index < -0.39 is 5.60 Å². The van der Waals surface area contributed by atoms with Crippen LogP contribution in [0.3, 0.4) is 0 Å². The van der Waals surface area contributed by atoms with Gasteiger partial charge in [-0.2, -0.15) is 0 Å². The van der Waals surface area contributed by atoms with Gasteiger partial charge >= 0.3 is 6.09 Å². The van der Waals surface area contributed by atoms with Crippen molar-refractivity contribution in [2.45, 2.75) is 71.1 Å². The third-order valence-corrected chi connectivity index (χ3v) is 5.28. The van der Waals surface area contributed by atoms with Gasteiger partial charge in [-0.15, -0.1) is 11.3 Å². The average molecular weight is 340 g/mol. The van der Waals surface area contributed by atoms with Crippen LogP contribution in [0.4, 0.5) is 4.79 Å². The maximum Gasteiger partial charge on any atom is 0.407 e. The fourth-order valence-corrected chi connectivity index (χ4v) is 3.67. The maximum atomic E-state index is 12.0. The second kappa shape index (κ2) is 7.62. The highest BCUT2D eigenvalue weighted by Crippen LogP contribution is 2.33. The Labute approximate surface area is 143 Å². The van der Waals surface area contributed by atoms with Gasteiger partial charge in [-0.25, -0.2) is 4.79 Å². The molecule has 2 N–H and O–H groups in total. The van der Waals surface area contributed by atoms with Crippen molar-refractivity contribution in [3.63, 3.8) is 0 Å². The normalized spacial score (nSPS) is 25.1. The van der Waals surface area contributed by atoms with E-state index >= 15 is 0 Å². The van der Waals surface area contributed by atoms with Crippen LogP contribution in [0.2, 0.25) is 0 Å².